The summed E-state index contributed by atoms with van der Waals surface area (Å²) in [5.74, 6) is 0. The fourth-order valence-corrected chi connectivity index (χ4v) is 1.72. The van der Waals surface area contributed by atoms with Crippen molar-refractivity contribution >= 4 is 17.3 Å². The highest BCUT2D eigenvalue weighted by atomic mass is 35.5. The van der Waals surface area contributed by atoms with Crippen molar-refractivity contribution in [1.29, 1.82) is 0 Å². The number of hydrogen-bond donors (Lipinski definition) is 1. The first-order valence-electron chi connectivity index (χ1n) is 5.90. The van der Waals surface area contributed by atoms with Crippen LogP contribution in [0.15, 0.2) is 24.3 Å². The van der Waals surface area contributed by atoms with Crippen LogP contribution in [0.4, 0.5) is 5.69 Å². The summed E-state index contributed by atoms with van der Waals surface area (Å²) in [4.78, 5) is 2.35. The molecule has 0 fully saturated rings. The quantitative estimate of drug-likeness (QED) is 0.785. The molecule has 2 nitrogen and oxygen atoms in total. The van der Waals surface area contributed by atoms with E-state index in [0.717, 1.165) is 23.8 Å². The summed E-state index contributed by atoms with van der Waals surface area (Å²) in [5, 5.41) is 4.15. The average molecular weight is 241 g/mol. The fourth-order valence-electron chi connectivity index (χ4n) is 1.53. The molecule has 0 aliphatic rings. The number of nitrogens with zero attached hydrogens (tertiary/aromatic N) is 1. The van der Waals surface area contributed by atoms with Crippen LogP contribution in [0.2, 0.25) is 5.02 Å². The fraction of sp³-hybridized carbons (Fsp3) is 0.538. The largest absolute Gasteiger partial charge is 0.384 e. The standard InChI is InChI=1S/C13H21ClN2/c1-3-4-9-16(2)10-8-15-13-7-5-6-12(14)11-13/h5-7,11,15H,3-4,8-10H2,1-2H3. The molecule has 0 radical (unpaired) electrons. The Kier molecular flexibility index (Phi) is 6.27. The highest BCUT2D eigenvalue weighted by molar-refractivity contribution is 6.30. The molecule has 0 spiro atoms. The maximum Gasteiger partial charge on any atom is 0.0426 e. The van der Waals surface area contributed by atoms with E-state index < -0.39 is 0 Å². The van der Waals surface area contributed by atoms with Gasteiger partial charge in [0.2, 0.25) is 0 Å². The van der Waals surface area contributed by atoms with Gasteiger partial charge in [0.1, 0.15) is 0 Å². The SMILES string of the molecule is CCCCN(C)CCNc1cccc(Cl)c1. The normalized spacial score (nSPS) is 10.8. The molecule has 0 saturated carbocycles. The molecule has 0 aromatic heterocycles. The molecule has 1 rings (SSSR count). The van der Waals surface area contributed by atoms with Crippen molar-refractivity contribution in [2.75, 3.05) is 32.0 Å². The predicted molar refractivity (Wildman–Crippen MR) is 72.3 cm³/mol. The Bertz CT molecular complexity index is 302. The molecule has 0 saturated heterocycles. The molecule has 0 aliphatic heterocycles. The number of likely N-dealkylation sites (N-methyl/N-ethyl adjacent to an activating group) is 1. The van der Waals surface area contributed by atoms with Gasteiger partial charge in [0, 0.05) is 23.8 Å². The number of anilines is 1. The molecule has 0 heterocycles. The minimum absolute atomic E-state index is 0.782. The molecule has 1 aromatic rings. The van der Waals surface area contributed by atoms with Crippen molar-refractivity contribution in [3.8, 4) is 0 Å². The number of unbranched alkanes of at least 4 members (excludes halogenated alkanes) is 1. The zero-order chi connectivity index (χ0) is 11.8. The van der Waals surface area contributed by atoms with Gasteiger partial charge in [-0.2, -0.15) is 0 Å². The van der Waals surface area contributed by atoms with Crippen LogP contribution in [0.1, 0.15) is 19.8 Å². The summed E-state index contributed by atoms with van der Waals surface area (Å²) in [7, 11) is 2.16. The lowest BCUT2D eigenvalue weighted by molar-refractivity contribution is 0.340. The van der Waals surface area contributed by atoms with E-state index in [-0.39, 0.29) is 0 Å². The number of benzene rings is 1. The summed E-state index contributed by atoms with van der Waals surface area (Å²) in [5.41, 5.74) is 1.09. The smallest absolute Gasteiger partial charge is 0.0426 e. The van der Waals surface area contributed by atoms with E-state index in [1.807, 2.05) is 24.3 Å². The Morgan fingerprint density at radius 2 is 2.12 bits per heavy atom. The molecule has 0 bridgehead atoms. The molecule has 16 heavy (non-hydrogen) atoms. The second-order valence-electron chi connectivity index (χ2n) is 4.09. The van der Waals surface area contributed by atoms with Crippen molar-refractivity contribution in [3.63, 3.8) is 0 Å². The number of halogens is 1. The Morgan fingerprint density at radius 3 is 2.81 bits per heavy atom. The van der Waals surface area contributed by atoms with Crippen molar-refractivity contribution < 1.29 is 0 Å². The molecule has 0 amide bonds. The highest BCUT2D eigenvalue weighted by Gasteiger charge is 1.97. The molecule has 1 N–H and O–H groups in total. The Labute approximate surface area is 104 Å². The minimum atomic E-state index is 0.782. The van der Waals surface area contributed by atoms with Crippen LogP contribution in [-0.2, 0) is 0 Å². The predicted octanol–water partition coefficient (Wildman–Crippen LogP) is 3.48. The minimum Gasteiger partial charge on any atom is -0.384 e. The van der Waals surface area contributed by atoms with Crippen LogP contribution < -0.4 is 5.32 Å². The van der Waals surface area contributed by atoms with Gasteiger partial charge < -0.3 is 10.2 Å². The van der Waals surface area contributed by atoms with Gasteiger partial charge in [-0.3, -0.25) is 0 Å². The summed E-state index contributed by atoms with van der Waals surface area (Å²) in [6.45, 7) is 5.42. The van der Waals surface area contributed by atoms with Gasteiger partial charge in [-0.25, -0.2) is 0 Å². The lowest BCUT2D eigenvalue weighted by Crippen LogP contribution is -2.26. The van der Waals surface area contributed by atoms with Crippen LogP contribution in [0.3, 0.4) is 0 Å². The van der Waals surface area contributed by atoms with Crippen molar-refractivity contribution in [2.45, 2.75) is 19.8 Å². The molecule has 0 aliphatic carbocycles. The molecule has 0 atom stereocenters. The lowest BCUT2D eigenvalue weighted by atomic mass is 10.3. The third kappa shape index (κ3) is 5.38. The van der Waals surface area contributed by atoms with Crippen molar-refractivity contribution in [2.24, 2.45) is 0 Å². The van der Waals surface area contributed by atoms with E-state index >= 15 is 0 Å². The molecular formula is C13H21ClN2. The summed E-state index contributed by atoms with van der Waals surface area (Å²) in [6, 6.07) is 7.84. The Hall–Kier alpha value is -0.730. The number of rotatable bonds is 7. The Morgan fingerprint density at radius 1 is 1.31 bits per heavy atom. The summed E-state index contributed by atoms with van der Waals surface area (Å²) < 4.78 is 0. The highest BCUT2D eigenvalue weighted by Crippen LogP contribution is 2.14. The van der Waals surface area contributed by atoms with Gasteiger partial charge >= 0.3 is 0 Å². The Balaban J connectivity index is 2.20. The van der Waals surface area contributed by atoms with Crippen molar-refractivity contribution in [3.05, 3.63) is 29.3 Å². The monoisotopic (exact) mass is 240 g/mol. The average Bonchev–Trinajstić information content (AvgIpc) is 2.26. The lowest BCUT2D eigenvalue weighted by Gasteiger charge is -2.16. The zero-order valence-corrected chi connectivity index (χ0v) is 10.9. The van der Waals surface area contributed by atoms with E-state index in [9.17, 15) is 0 Å². The molecule has 1 aromatic carbocycles. The van der Waals surface area contributed by atoms with Gasteiger partial charge in [-0.1, -0.05) is 31.0 Å². The number of hydrogen-bond acceptors (Lipinski definition) is 2. The van der Waals surface area contributed by atoms with Gasteiger partial charge in [-0.15, -0.1) is 0 Å². The zero-order valence-electron chi connectivity index (χ0n) is 10.2. The second kappa shape index (κ2) is 7.53. The van der Waals surface area contributed by atoms with Gasteiger partial charge in [0.25, 0.3) is 0 Å². The molecule has 0 unspecified atom stereocenters. The van der Waals surface area contributed by atoms with E-state index in [1.165, 1.54) is 19.4 Å². The maximum atomic E-state index is 5.90. The van der Waals surface area contributed by atoms with Crippen LogP contribution in [-0.4, -0.2) is 31.6 Å². The molecular weight excluding hydrogens is 220 g/mol. The summed E-state index contributed by atoms with van der Waals surface area (Å²) in [6.07, 6.45) is 2.53. The van der Waals surface area contributed by atoms with Crippen LogP contribution in [0.5, 0.6) is 0 Å². The molecule has 3 heteroatoms. The number of nitrogens with one attached hydrogen (secondary N) is 1. The van der Waals surface area contributed by atoms with Crippen LogP contribution in [0, 0.1) is 0 Å². The van der Waals surface area contributed by atoms with Crippen LogP contribution >= 0.6 is 11.6 Å². The first kappa shape index (κ1) is 13.3. The molecule has 90 valence electrons. The van der Waals surface area contributed by atoms with Crippen molar-refractivity contribution in [1.82, 2.24) is 4.90 Å². The van der Waals surface area contributed by atoms with E-state index in [4.69, 9.17) is 11.6 Å². The van der Waals surface area contributed by atoms with Gasteiger partial charge in [0.15, 0.2) is 0 Å². The third-order valence-corrected chi connectivity index (χ3v) is 2.78. The van der Waals surface area contributed by atoms with Gasteiger partial charge in [-0.05, 0) is 38.2 Å². The third-order valence-electron chi connectivity index (χ3n) is 2.54. The van der Waals surface area contributed by atoms with E-state index in [1.54, 1.807) is 0 Å². The first-order valence-corrected chi connectivity index (χ1v) is 6.28. The van der Waals surface area contributed by atoms with Gasteiger partial charge in [0.05, 0.1) is 0 Å². The first-order chi connectivity index (χ1) is 7.72. The van der Waals surface area contributed by atoms with E-state index in [2.05, 4.69) is 24.2 Å². The van der Waals surface area contributed by atoms with E-state index in [0.29, 0.717) is 0 Å². The van der Waals surface area contributed by atoms with Crippen LogP contribution in [0.25, 0.3) is 0 Å². The summed E-state index contributed by atoms with van der Waals surface area (Å²) >= 11 is 5.90. The topological polar surface area (TPSA) is 15.3 Å². The second-order valence-corrected chi connectivity index (χ2v) is 4.53. The maximum absolute atomic E-state index is 5.90.